The molecule has 0 aromatic heterocycles. The van der Waals surface area contributed by atoms with Crippen LogP contribution in [0.25, 0.3) is 0 Å². The summed E-state index contributed by atoms with van der Waals surface area (Å²) < 4.78 is 0. The van der Waals surface area contributed by atoms with Crippen molar-refractivity contribution >= 4 is 17.7 Å². The van der Waals surface area contributed by atoms with Gasteiger partial charge in [0.1, 0.15) is 6.04 Å². The third kappa shape index (κ3) is 2.51. The monoisotopic (exact) mass is 276 g/mol. The van der Waals surface area contributed by atoms with Gasteiger partial charge >= 0.3 is 0 Å². The van der Waals surface area contributed by atoms with Crippen LogP contribution in [-0.4, -0.2) is 35.0 Å². The molecular weight excluding hydrogens is 256 g/mol. The first-order valence-corrected chi connectivity index (χ1v) is 8.20. The lowest BCUT2D eigenvalue weighted by atomic mass is 10.1. The summed E-state index contributed by atoms with van der Waals surface area (Å²) in [6.45, 7) is 0.699. The smallest absolute Gasteiger partial charge is 0.245 e. The van der Waals surface area contributed by atoms with Crippen molar-refractivity contribution < 1.29 is 4.79 Å². The molecule has 102 valence electrons. The summed E-state index contributed by atoms with van der Waals surface area (Å²) in [5, 5.41) is 4.08. The first kappa shape index (κ1) is 13.0. The predicted molar refractivity (Wildman–Crippen MR) is 79.0 cm³/mol. The van der Waals surface area contributed by atoms with Gasteiger partial charge in [0.05, 0.1) is 6.67 Å². The maximum atomic E-state index is 12.5. The summed E-state index contributed by atoms with van der Waals surface area (Å²) in [4.78, 5) is 14.6. The van der Waals surface area contributed by atoms with E-state index in [4.69, 9.17) is 0 Å². The number of hydrogen-bond donors (Lipinski definition) is 1. The molecular formula is C15H20N2OS. The zero-order valence-corrected chi connectivity index (χ0v) is 12.0. The van der Waals surface area contributed by atoms with Gasteiger partial charge < -0.3 is 4.90 Å². The van der Waals surface area contributed by atoms with Crippen molar-refractivity contribution in [3.63, 3.8) is 0 Å². The largest absolute Gasteiger partial charge is 0.325 e. The normalized spacial score (nSPS) is 31.1. The molecule has 4 heteroatoms. The number of carbonyl (C=O) groups excluding carboxylic acids is 1. The highest BCUT2D eigenvalue weighted by molar-refractivity contribution is 7.99. The maximum absolute atomic E-state index is 12.5. The lowest BCUT2D eigenvalue weighted by Gasteiger charge is -2.23. The quantitative estimate of drug-likeness (QED) is 0.920. The maximum Gasteiger partial charge on any atom is 0.245 e. The number of nitrogens with zero attached hydrogens (tertiary/aromatic N) is 1. The van der Waals surface area contributed by atoms with Gasteiger partial charge in [0.25, 0.3) is 0 Å². The van der Waals surface area contributed by atoms with E-state index in [1.807, 2.05) is 47.0 Å². The SMILES string of the molecule is CSC1CCC(N2CNC(c3ccccc3)C2=O)C1. The molecule has 2 fully saturated rings. The van der Waals surface area contributed by atoms with Crippen LogP contribution in [-0.2, 0) is 4.79 Å². The molecule has 2 aliphatic rings. The van der Waals surface area contributed by atoms with Gasteiger partial charge in [0, 0.05) is 11.3 Å². The third-order valence-electron chi connectivity index (χ3n) is 4.26. The zero-order valence-electron chi connectivity index (χ0n) is 11.2. The Morgan fingerprint density at radius 2 is 2.05 bits per heavy atom. The molecule has 1 N–H and O–H groups in total. The number of benzene rings is 1. The fourth-order valence-corrected chi connectivity index (χ4v) is 3.94. The Morgan fingerprint density at radius 1 is 1.26 bits per heavy atom. The summed E-state index contributed by atoms with van der Waals surface area (Å²) in [6.07, 6.45) is 5.71. The van der Waals surface area contributed by atoms with Crippen molar-refractivity contribution in [2.75, 3.05) is 12.9 Å². The van der Waals surface area contributed by atoms with E-state index in [-0.39, 0.29) is 11.9 Å². The molecule has 3 unspecified atom stereocenters. The molecule has 1 aliphatic carbocycles. The van der Waals surface area contributed by atoms with Crippen molar-refractivity contribution in [1.29, 1.82) is 0 Å². The van der Waals surface area contributed by atoms with E-state index in [0.717, 1.165) is 23.7 Å². The van der Waals surface area contributed by atoms with Gasteiger partial charge in [0.15, 0.2) is 0 Å². The van der Waals surface area contributed by atoms with Crippen molar-refractivity contribution in [2.45, 2.75) is 36.6 Å². The average molecular weight is 276 g/mol. The summed E-state index contributed by atoms with van der Waals surface area (Å²) >= 11 is 1.93. The molecule has 3 atom stereocenters. The van der Waals surface area contributed by atoms with Crippen molar-refractivity contribution in [3.05, 3.63) is 35.9 Å². The molecule has 3 nitrogen and oxygen atoms in total. The molecule has 1 saturated carbocycles. The second kappa shape index (κ2) is 5.55. The number of amides is 1. The summed E-state index contributed by atoms with van der Waals surface area (Å²) in [5.41, 5.74) is 1.08. The van der Waals surface area contributed by atoms with Gasteiger partial charge in [0.2, 0.25) is 5.91 Å². The lowest BCUT2D eigenvalue weighted by molar-refractivity contribution is -0.130. The van der Waals surface area contributed by atoms with Gasteiger partial charge in [-0.1, -0.05) is 30.3 Å². The second-order valence-corrected chi connectivity index (χ2v) is 6.48. The fraction of sp³-hybridized carbons (Fsp3) is 0.533. The van der Waals surface area contributed by atoms with E-state index in [0.29, 0.717) is 12.7 Å². The van der Waals surface area contributed by atoms with E-state index in [9.17, 15) is 4.79 Å². The Balaban J connectivity index is 1.69. The number of hydrogen-bond acceptors (Lipinski definition) is 3. The van der Waals surface area contributed by atoms with E-state index in [1.165, 1.54) is 6.42 Å². The third-order valence-corrected chi connectivity index (χ3v) is 5.35. The van der Waals surface area contributed by atoms with Crippen LogP contribution in [0.1, 0.15) is 30.9 Å². The van der Waals surface area contributed by atoms with Crippen LogP contribution >= 0.6 is 11.8 Å². The highest BCUT2D eigenvalue weighted by Gasteiger charge is 2.39. The van der Waals surface area contributed by atoms with Gasteiger partial charge in [-0.05, 0) is 31.1 Å². The minimum absolute atomic E-state index is 0.144. The molecule has 0 radical (unpaired) electrons. The number of thioether (sulfide) groups is 1. The number of rotatable bonds is 3. The topological polar surface area (TPSA) is 32.3 Å². The number of carbonyl (C=O) groups is 1. The molecule has 1 aromatic rings. The van der Waals surface area contributed by atoms with E-state index < -0.39 is 0 Å². The minimum atomic E-state index is -0.144. The zero-order chi connectivity index (χ0) is 13.2. The molecule has 19 heavy (non-hydrogen) atoms. The summed E-state index contributed by atoms with van der Waals surface area (Å²) in [5.74, 6) is 0.248. The Bertz CT molecular complexity index is 451. The van der Waals surface area contributed by atoms with Crippen LogP contribution in [0.3, 0.4) is 0 Å². The van der Waals surface area contributed by atoms with Crippen LogP contribution in [0.4, 0.5) is 0 Å². The van der Waals surface area contributed by atoms with Crippen LogP contribution < -0.4 is 5.32 Å². The highest BCUT2D eigenvalue weighted by Crippen LogP contribution is 2.34. The van der Waals surface area contributed by atoms with E-state index in [2.05, 4.69) is 11.6 Å². The van der Waals surface area contributed by atoms with E-state index in [1.54, 1.807) is 0 Å². The average Bonchev–Trinajstić information content (AvgIpc) is 3.06. The Labute approximate surface area is 118 Å². The number of nitrogens with one attached hydrogen (secondary N) is 1. The van der Waals surface area contributed by atoms with Crippen molar-refractivity contribution in [3.8, 4) is 0 Å². The summed E-state index contributed by atoms with van der Waals surface area (Å²) in [6, 6.07) is 10.3. The predicted octanol–water partition coefficient (Wildman–Crippen LogP) is 2.40. The van der Waals surface area contributed by atoms with E-state index >= 15 is 0 Å². The molecule has 0 spiro atoms. The van der Waals surface area contributed by atoms with Crippen molar-refractivity contribution in [2.24, 2.45) is 0 Å². The fourth-order valence-electron chi connectivity index (χ4n) is 3.15. The molecule has 1 heterocycles. The molecule has 1 saturated heterocycles. The summed E-state index contributed by atoms with van der Waals surface area (Å²) in [7, 11) is 0. The second-order valence-electron chi connectivity index (χ2n) is 5.34. The van der Waals surface area contributed by atoms with Gasteiger partial charge in [-0.2, -0.15) is 11.8 Å². The van der Waals surface area contributed by atoms with Crippen LogP contribution in [0.15, 0.2) is 30.3 Å². The Kier molecular flexibility index (Phi) is 3.80. The van der Waals surface area contributed by atoms with Gasteiger partial charge in [-0.3, -0.25) is 10.1 Å². The van der Waals surface area contributed by atoms with Crippen LogP contribution in [0, 0.1) is 0 Å². The molecule has 1 aliphatic heterocycles. The lowest BCUT2D eigenvalue weighted by Crippen LogP contribution is -2.36. The molecule has 1 amide bonds. The first-order valence-electron chi connectivity index (χ1n) is 6.91. The Hall–Kier alpha value is -1.00. The van der Waals surface area contributed by atoms with Crippen LogP contribution in [0.2, 0.25) is 0 Å². The first-order chi connectivity index (χ1) is 9.29. The Morgan fingerprint density at radius 3 is 2.74 bits per heavy atom. The minimum Gasteiger partial charge on any atom is -0.325 e. The van der Waals surface area contributed by atoms with Gasteiger partial charge in [-0.25, -0.2) is 0 Å². The van der Waals surface area contributed by atoms with Crippen molar-refractivity contribution in [1.82, 2.24) is 10.2 Å². The molecule has 3 rings (SSSR count). The molecule has 0 bridgehead atoms. The highest BCUT2D eigenvalue weighted by atomic mass is 32.2. The standard InChI is InChI=1S/C15H20N2OS/c1-19-13-8-7-12(9-13)17-10-16-14(15(17)18)11-5-3-2-4-6-11/h2-6,12-14,16H,7-10H2,1H3. The van der Waals surface area contributed by atoms with Gasteiger partial charge in [-0.15, -0.1) is 0 Å². The molecule has 1 aromatic carbocycles. The van der Waals surface area contributed by atoms with Crippen LogP contribution in [0.5, 0.6) is 0 Å².